The third-order valence-corrected chi connectivity index (χ3v) is 5.67. The molecule has 0 fully saturated rings. The third kappa shape index (κ3) is 4.95. The molecule has 3 aromatic carbocycles. The van der Waals surface area contributed by atoms with Gasteiger partial charge in [0.1, 0.15) is 11.6 Å². The Labute approximate surface area is 191 Å². The Bertz CT molecular complexity index is 1250. The Morgan fingerprint density at radius 2 is 1.47 bits per heavy atom. The molecule has 0 N–H and O–H groups in total. The van der Waals surface area contributed by atoms with E-state index < -0.39 is 29.6 Å². The van der Waals surface area contributed by atoms with Crippen LogP contribution in [-0.2, 0) is 12.8 Å². The summed E-state index contributed by atoms with van der Waals surface area (Å²) < 4.78 is 98.2. The number of hydrogen-bond acceptors (Lipinski definition) is 1. The lowest BCUT2D eigenvalue weighted by atomic mass is 9.86. The van der Waals surface area contributed by atoms with Crippen molar-refractivity contribution in [1.29, 1.82) is 0 Å². The molecule has 4 rings (SSSR count). The second-order valence-corrected chi connectivity index (χ2v) is 8.08. The van der Waals surface area contributed by atoms with Crippen molar-refractivity contribution in [1.82, 2.24) is 0 Å². The fraction of sp³-hybridized carbons (Fsp3) is 0.231. The van der Waals surface area contributed by atoms with Crippen LogP contribution in [0.4, 0.5) is 30.7 Å². The molecular formula is C26H19F7O. The monoisotopic (exact) mass is 480 g/mol. The van der Waals surface area contributed by atoms with Crippen molar-refractivity contribution < 1.29 is 35.5 Å². The fourth-order valence-electron chi connectivity index (χ4n) is 4.14. The molecule has 0 unspecified atom stereocenters. The van der Waals surface area contributed by atoms with Gasteiger partial charge < -0.3 is 4.74 Å². The van der Waals surface area contributed by atoms with E-state index in [1.807, 2.05) is 13.0 Å². The molecule has 0 aromatic heterocycles. The maximum absolute atomic E-state index is 14.9. The average Bonchev–Trinajstić information content (AvgIpc) is 2.75. The van der Waals surface area contributed by atoms with Crippen LogP contribution in [-0.4, -0.2) is 6.36 Å². The molecule has 1 nitrogen and oxygen atoms in total. The van der Waals surface area contributed by atoms with Crippen molar-refractivity contribution in [3.63, 3.8) is 0 Å². The first-order valence-corrected chi connectivity index (χ1v) is 10.6. The molecule has 0 amide bonds. The van der Waals surface area contributed by atoms with Gasteiger partial charge in [-0.25, -0.2) is 17.6 Å². The molecule has 0 bridgehead atoms. The van der Waals surface area contributed by atoms with Gasteiger partial charge >= 0.3 is 6.36 Å². The maximum Gasteiger partial charge on any atom is 0.573 e. The van der Waals surface area contributed by atoms with E-state index in [9.17, 15) is 30.7 Å². The molecule has 0 saturated carbocycles. The zero-order valence-electron chi connectivity index (χ0n) is 18.0. The van der Waals surface area contributed by atoms with Crippen LogP contribution in [0, 0.1) is 23.3 Å². The number of ether oxygens (including phenoxy) is 1. The molecule has 0 saturated heterocycles. The first kappa shape index (κ1) is 23.9. The van der Waals surface area contributed by atoms with Crippen molar-refractivity contribution in [3.05, 3.63) is 88.0 Å². The normalized spacial score (nSPS) is 13.5. The molecule has 1 aliphatic carbocycles. The third-order valence-electron chi connectivity index (χ3n) is 5.67. The Hall–Kier alpha value is -3.29. The summed E-state index contributed by atoms with van der Waals surface area (Å²) in [4.78, 5) is 0. The summed E-state index contributed by atoms with van der Waals surface area (Å²) in [5, 5.41) is 0. The topological polar surface area (TPSA) is 9.23 Å². The molecule has 0 radical (unpaired) electrons. The summed E-state index contributed by atoms with van der Waals surface area (Å²) >= 11 is 0. The lowest BCUT2D eigenvalue weighted by molar-refractivity contribution is -0.276. The molecule has 0 aliphatic heterocycles. The highest BCUT2D eigenvalue weighted by Crippen LogP contribution is 2.37. The lowest BCUT2D eigenvalue weighted by Crippen LogP contribution is -2.19. The highest BCUT2D eigenvalue weighted by Gasteiger charge is 2.34. The smallest absolute Gasteiger partial charge is 0.399 e. The zero-order valence-corrected chi connectivity index (χ0v) is 18.0. The van der Waals surface area contributed by atoms with Gasteiger partial charge in [0.05, 0.1) is 0 Å². The van der Waals surface area contributed by atoms with E-state index in [1.165, 1.54) is 18.2 Å². The number of halogens is 7. The van der Waals surface area contributed by atoms with Gasteiger partial charge in [0.25, 0.3) is 0 Å². The van der Waals surface area contributed by atoms with Crippen LogP contribution in [0.1, 0.15) is 42.0 Å². The van der Waals surface area contributed by atoms with Crippen molar-refractivity contribution in [2.45, 2.75) is 39.0 Å². The molecule has 3 aromatic rings. The number of fused-ring (bicyclic) bond motifs is 1. The second-order valence-electron chi connectivity index (χ2n) is 8.08. The number of rotatable bonds is 5. The second kappa shape index (κ2) is 9.16. The highest BCUT2D eigenvalue weighted by molar-refractivity contribution is 5.85. The molecule has 8 heteroatoms. The van der Waals surface area contributed by atoms with Crippen LogP contribution in [0.2, 0.25) is 0 Å². The number of benzene rings is 3. The predicted octanol–water partition coefficient (Wildman–Crippen LogP) is 8.25. The molecular weight excluding hydrogens is 461 g/mol. The summed E-state index contributed by atoms with van der Waals surface area (Å²) in [5.41, 5.74) is 2.75. The predicted molar refractivity (Wildman–Crippen MR) is 115 cm³/mol. The van der Waals surface area contributed by atoms with Gasteiger partial charge in [0, 0.05) is 11.1 Å². The quantitative estimate of drug-likeness (QED) is 0.334. The van der Waals surface area contributed by atoms with Crippen LogP contribution in [0.5, 0.6) is 5.75 Å². The van der Waals surface area contributed by atoms with Gasteiger partial charge in [-0.3, -0.25) is 0 Å². The molecule has 1 aliphatic rings. The van der Waals surface area contributed by atoms with Crippen molar-refractivity contribution in [2.24, 2.45) is 0 Å². The first-order chi connectivity index (χ1) is 16.1. The first-order valence-electron chi connectivity index (χ1n) is 10.6. The summed E-state index contributed by atoms with van der Waals surface area (Å²) in [7, 11) is 0. The van der Waals surface area contributed by atoms with Gasteiger partial charge in [-0.15, -0.1) is 13.2 Å². The SMILES string of the molecule is CCCc1ccc(C2=Cc3cc(F)c(-c4cc(F)c(OC(F)(F)F)c(F)c4)cc3CC2)c(F)c1. The largest absolute Gasteiger partial charge is 0.573 e. The molecule has 34 heavy (non-hydrogen) atoms. The zero-order chi connectivity index (χ0) is 24.6. The molecule has 0 heterocycles. The van der Waals surface area contributed by atoms with E-state index in [-0.39, 0.29) is 16.9 Å². The van der Waals surface area contributed by atoms with Gasteiger partial charge in [-0.05, 0) is 77.4 Å². The Kier molecular flexibility index (Phi) is 6.43. The summed E-state index contributed by atoms with van der Waals surface area (Å²) in [6.45, 7) is 2.00. The summed E-state index contributed by atoms with van der Waals surface area (Å²) in [6.07, 6.45) is -1.07. The van der Waals surface area contributed by atoms with Crippen LogP contribution in [0.25, 0.3) is 22.8 Å². The van der Waals surface area contributed by atoms with E-state index >= 15 is 0 Å². The van der Waals surface area contributed by atoms with E-state index in [0.717, 1.165) is 18.4 Å². The molecule has 0 spiro atoms. The Balaban J connectivity index is 1.68. The van der Waals surface area contributed by atoms with Crippen LogP contribution < -0.4 is 4.74 Å². The van der Waals surface area contributed by atoms with E-state index in [1.54, 1.807) is 12.1 Å². The standard InChI is InChI=1S/C26H19F7O/c1-2-3-14-4-7-19(21(27)8-14)16-6-5-15-10-20(22(28)11-17(15)9-16)18-12-23(29)25(24(30)13-18)34-26(31,32)33/h4,7-13H,2-3,5-6H2,1H3. The van der Waals surface area contributed by atoms with Crippen molar-refractivity contribution in [3.8, 4) is 16.9 Å². The fourth-order valence-corrected chi connectivity index (χ4v) is 4.14. The van der Waals surface area contributed by atoms with Gasteiger partial charge in [0.15, 0.2) is 11.6 Å². The summed E-state index contributed by atoms with van der Waals surface area (Å²) in [5.74, 6) is -5.99. The highest BCUT2D eigenvalue weighted by atomic mass is 19.4. The number of allylic oxidation sites excluding steroid dienone is 1. The minimum atomic E-state index is -5.28. The molecule has 0 atom stereocenters. The maximum atomic E-state index is 14.9. The van der Waals surface area contributed by atoms with Gasteiger partial charge in [0.2, 0.25) is 5.75 Å². The lowest BCUT2D eigenvalue weighted by Gasteiger charge is -2.19. The minimum absolute atomic E-state index is 0.165. The van der Waals surface area contributed by atoms with Crippen molar-refractivity contribution >= 4 is 11.6 Å². The number of alkyl halides is 3. The molecule has 178 valence electrons. The van der Waals surface area contributed by atoms with Gasteiger partial charge in [-0.1, -0.05) is 31.6 Å². The van der Waals surface area contributed by atoms with Crippen LogP contribution >= 0.6 is 0 Å². The van der Waals surface area contributed by atoms with E-state index in [0.29, 0.717) is 47.2 Å². The average molecular weight is 480 g/mol. The van der Waals surface area contributed by atoms with Crippen LogP contribution in [0.15, 0.2) is 42.5 Å². The number of hydrogen-bond donors (Lipinski definition) is 0. The number of aryl methyl sites for hydroxylation is 2. The minimum Gasteiger partial charge on any atom is -0.399 e. The van der Waals surface area contributed by atoms with E-state index in [2.05, 4.69) is 4.74 Å². The summed E-state index contributed by atoms with van der Waals surface area (Å²) in [6, 6.07) is 8.81. The van der Waals surface area contributed by atoms with Gasteiger partial charge in [-0.2, -0.15) is 0 Å². The Morgan fingerprint density at radius 1 is 0.794 bits per heavy atom. The van der Waals surface area contributed by atoms with Crippen molar-refractivity contribution in [2.75, 3.05) is 0 Å². The van der Waals surface area contributed by atoms with E-state index in [4.69, 9.17) is 0 Å². The van der Waals surface area contributed by atoms with Crippen LogP contribution in [0.3, 0.4) is 0 Å². The Morgan fingerprint density at radius 3 is 2.09 bits per heavy atom.